The Labute approximate surface area is 95.8 Å². The lowest BCUT2D eigenvalue weighted by Gasteiger charge is -2.27. The maximum atomic E-state index is 11.8. The van der Waals surface area contributed by atoms with Gasteiger partial charge in [-0.1, -0.05) is 13.8 Å². The number of carboxylic acids is 1. The number of hydrogen-bond donors (Lipinski definition) is 2. The summed E-state index contributed by atoms with van der Waals surface area (Å²) < 4.78 is 0. The average molecular weight is 228 g/mol. The van der Waals surface area contributed by atoms with Crippen LogP contribution in [-0.2, 0) is 4.79 Å². The fourth-order valence-electron chi connectivity index (χ4n) is 2.12. The lowest BCUT2D eigenvalue weighted by Crippen LogP contribution is -2.45. The van der Waals surface area contributed by atoms with Crippen LogP contribution < -0.4 is 5.32 Å². The van der Waals surface area contributed by atoms with E-state index >= 15 is 0 Å². The van der Waals surface area contributed by atoms with Crippen LogP contribution in [0.25, 0.3) is 0 Å². The molecule has 0 saturated carbocycles. The van der Waals surface area contributed by atoms with Gasteiger partial charge >= 0.3 is 12.0 Å². The molecule has 1 saturated heterocycles. The largest absolute Gasteiger partial charge is 0.481 e. The fraction of sp³-hybridized carbons (Fsp3) is 0.818. The molecule has 1 rings (SSSR count). The first-order chi connectivity index (χ1) is 7.52. The molecule has 16 heavy (non-hydrogen) atoms. The van der Waals surface area contributed by atoms with Gasteiger partial charge in [-0.25, -0.2) is 4.79 Å². The lowest BCUT2D eigenvalue weighted by atomic mass is 10.0. The second kappa shape index (κ2) is 5.72. The molecule has 0 bridgehead atoms. The van der Waals surface area contributed by atoms with E-state index < -0.39 is 5.97 Å². The molecule has 1 fully saturated rings. The van der Waals surface area contributed by atoms with Gasteiger partial charge in [-0.3, -0.25) is 4.79 Å². The van der Waals surface area contributed by atoms with Crippen molar-refractivity contribution in [3.05, 3.63) is 0 Å². The molecule has 0 aromatic rings. The highest BCUT2D eigenvalue weighted by atomic mass is 16.4. The number of urea groups is 1. The molecule has 92 valence electrons. The molecule has 5 nitrogen and oxygen atoms in total. The monoisotopic (exact) mass is 228 g/mol. The first-order valence-corrected chi connectivity index (χ1v) is 5.78. The van der Waals surface area contributed by atoms with Gasteiger partial charge in [-0.15, -0.1) is 0 Å². The van der Waals surface area contributed by atoms with E-state index in [0.29, 0.717) is 12.0 Å². The van der Waals surface area contributed by atoms with Crippen molar-refractivity contribution in [2.45, 2.75) is 39.2 Å². The Hall–Kier alpha value is -1.26. The van der Waals surface area contributed by atoms with E-state index in [0.717, 1.165) is 19.4 Å². The molecule has 2 amide bonds. The first-order valence-electron chi connectivity index (χ1n) is 5.78. The molecule has 0 radical (unpaired) electrons. The van der Waals surface area contributed by atoms with E-state index in [4.69, 9.17) is 5.11 Å². The van der Waals surface area contributed by atoms with Crippen LogP contribution in [0.4, 0.5) is 4.79 Å². The SMILES string of the molecule is CC(C)C1CCCN1C(=O)NCCC(=O)O. The Bertz CT molecular complexity index is 266. The Morgan fingerprint density at radius 3 is 2.75 bits per heavy atom. The van der Waals surface area contributed by atoms with Crippen molar-refractivity contribution >= 4 is 12.0 Å². The molecule has 1 heterocycles. The summed E-state index contributed by atoms with van der Waals surface area (Å²) in [6.07, 6.45) is 2.06. The number of rotatable bonds is 4. The smallest absolute Gasteiger partial charge is 0.317 e. The standard InChI is InChI=1S/C11H20N2O3/c1-8(2)9-4-3-7-13(9)11(16)12-6-5-10(14)15/h8-9H,3-7H2,1-2H3,(H,12,16)(H,14,15). The number of carbonyl (C=O) groups is 2. The maximum Gasteiger partial charge on any atom is 0.317 e. The Kier molecular flexibility index (Phi) is 4.58. The van der Waals surface area contributed by atoms with Gasteiger partial charge in [-0.2, -0.15) is 0 Å². The third kappa shape index (κ3) is 3.40. The van der Waals surface area contributed by atoms with Crippen LogP contribution in [-0.4, -0.2) is 41.1 Å². The first kappa shape index (κ1) is 12.8. The summed E-state index contributed by atoms with van der Waals surface area (Å²) in [5.74, 6) is -0.435. The van der Waals surface area contributed by atoms with E-state index in [1.807, 2.05) is 4.90 Å². The molecular weight excluding hydrogens is 208 g/mol. The van der Waals surface area contributed by atoms with Crippen LogP contribution in [0.3, 0.4) is 0 Å². The Morgan fingerprint density at radius 1 is 1.50 bits per heavy atom. The number of carbonyl (C=O) groups excluding carboxylic acids is 1. The molecule has 2 N–H and O–H groups in total. The van der Waals surface area contributed by atoms with Crippen LogP contribution in [0.15, 0.2) is 0 Å². The molecule has 1 aliphatic heterocycles. The zero-order valence-corrected chi connectivity index (χ0v) is 9.90. The fourth-order valence-corrected chi connectivity index (χ4v) is 2.12. The molecule has 0 spiro atoms. The molecular formula is C11H20N2O3. The van der Waals surface area contributed by atoms with Gasteiger partial charge in [0.2, 0.25) is 0 Å². The van der Waals surface area contributed by atoms with Crippen molar-refractivity contribution in [2.75, 3.05) is 13.1 Å². The van der Waals surface area contributed by atoms with Crippen LogP contribution >= 0.6 is 0 Å². The summed E-state index contributed by atoms with van der Waals surface area (Å²) in [7, 11) is 0. The van der Waals surface area contributed by atoms with Gasteiger partial charge in [0.1, 0.15) is 0 Å². The van der Waals surface area contributed by atoms with Gasteiger partial charge in [-0.05, 0) is 18.8 Å². The Morgan fingerprint density at radius 2 is 2.19 bits per heavy atom. The summed E-state index contributed by atoms with van der Waals surface area (Å²) in [6.45, 7) is 5.19. The second-order valence-electron chi connectivity index (χ2n) is 4.52. The predicted octanol–water partition coefficient (Wildman–Crippen LogP) is 1.29. The van der Waals surface area contributed by atoms with Gasteiger partial charge < -0.3 is 15.3 Å². The molecule has 1 aliphatic rings. The van der Waals surface area contributed by atoms with Gasteiger partial charge in [0, 0.05) is 19.1 Å². The number of amides is 2. The number of likely N-dealkylation sites (tertiary alicyclic amines) is 1. The van der Waals surface area contributed by atoms with Crippen molar-refractivity contribution < 1.29 is 14.7 Å². The minimum Gasteiger partial charge on any atom is -0.481 e. The third-order valence-corrected chi connectivity index (χ3v) is 2.94. The molecule has 5 heteroatoms. The van der Waals surface area contributed by atoms with Crippen LogP contribution in [0.1, 0.15) is 33.1 Å². The van der Waals surface area contributed by atoms with Crippen LogP contribution in [0.2, 0.25) is 0 Å². The summed E-state index contributed by atoms with van der Waals surface area (Å²) >= 11 is 0. The summed E-state index contributed by atoms with van der Waals surface area (Å²) in [5.41, 5.74) is 0. The van der Waals surface area contributed by atoms with E-state index in [1.165, 1.54) is 0 Å². The van der Waals surface area contributed by atoms with Crippen LogP contribution in [0, 0.1) is 5.92 Å². The van der Waals surface area contributed by atoms with Crippen molar-refractivity contribution in [1.29, 1.82) is 0 Å². The normalized spacial score (nSPS) is 20.2. The molecule has 1 atom stereocenters. The summed E-state index contributed by atoms with van der Waals surface area (Å²) in [4.78, 5) is 23.9. The van der Waals surface area contributed by atoms with Crippen molar-refractivity contribution in [1.82, 2.24) is 10.2 Å². The Balaban J connectivity index is 2.38. The highest BCUT2D eigenvalue weighted by Gasteiger charge is 2.30. The second-order valence-corrected chi connectivity index (χ2v) is 4.52. The zero-order chi connectivity index (χ0) is 12.1. The highest BCUT2D eigenvalue weighted by Crippen LogP contribution is 2.23. The quantitative estimate of drug-likeness (QED) is 0.761. The summed E-state index contributed by atoms with van der Waals surface area (Å²) in [5, 5.41) is 11.1. The van der Waals surface area contributed by atoms with Gasteiger partial charge in [0.15, 0.2) is 0 Å². The highest BCUT2D eigenvalue weighted by molar-refractivity contribution is 5.75. The van der Waals surface area contributed by atoms with E-state index in [1.54, 1.807) is 0 Å². The number of hydrogen-bond acceptors (Lipinski definition) is 2. The lowest BCUT2D eigenvalue weighted by molar-refractivity contribution is -0.136. The van der Waals surface area contributed by atoms with Gasteiger partial charge in [0.05, 0.1) is 6.42 Å². The predicted molar refractivity (Wildman–Crippen MR) is 60.2 cm³/mol. The third-order valence-electron chi connectivity index (χ3n) is 2.94. The number of aliphatic carboxylic acids is 1. The zero-order valence-electron chi connectivity index (χ0n) is 9.90. The van der Waals surface area contributed by atoms with E-state index in [-0.39, 0.29) is 19.0 Å². The molecule has 0 aromatic heterocycles. The van der Waals surface area contributed by atoms with Crippen molar-refractivity contribution in [2.24, 2.45) is 5.92 Å². The van der Waals surface area contributed by atoms with E-state index in [2.05, 4.69) is 19.2 Å². The number of carboxylic acid groups (broad SMARTS) is 1. The summed E-state index contributed by atoms with van der Waals surface area (Å²) in [6, 6.07) is 0.169. The van der Waals surface area contributed by atoms with Gasteiger partial charge in [0.25, 0.3) is 0 Å². The maximum absolute atomic E-state index is 11.8. The van der Waals surface area contributed by atoms with Crippen molar-refractivity contribution in [3.63, 3.8) is 0 Å². The van der Waals surface area contributed by atoms with Crippen LogP contribution in [0.5, 0.6) is 0 Å². The average Bonchev–Trinajstić information content (AvgIpc) is 2.65. The van der Waals surface area contributed by atoms with Crippen molar-refractivity contribution in [3.8, 4) is 0 Å². The number of nitrogens with one attached hydrogen (secondary N) is 1. The molecule has 0 aromatic carbocycles. The minimum absolute atomic E-state index is 0.0219. The topological polar surface area (TPSA) is 69.6 Å². The minimum atomic E-state index is -0.887. The molecule has 1 unspecified atom stereocenters. The number of nitrogens with zero attached hydrogens (tertiary/aromatic N) is 1. The molecule has 0 aliphatic carbocycles. The van der Waals surface area contributed by atoms with E-state index in [9.17, 15) is 9.59 Å².